The molecule has 0 bridgehead atoms. The number of halogens is 7. The molecule has 0 unspecified atom stereocenters. The fourth-order valence-electron chi connectivity index (χ4n) is 2.25. The van der Waals surface area contributed by atoms with Crippen molar-refractivity contribution in [2.45, 2.75) is 13.2 Å². The number of methoxy groups -OCH3 is 2. The SMILES string of the molecule is COC(=O)c1ncc(O)cc1F.COC(=O)c1ncc(OC(F)F)cc1F.O=C(O)c1ncc(OC(F)F)cc1F. The van der Waals surface area contributed by atoms with E-state index in [9.17, 15) is 45.1 Å². The third-order valence-corrected chi connectivity index (χ3v) is 3.87. The number of hydrogen-bond acceptors (Lipinski definition) is 11. The topological polar surface area (TPSA) is 167 Å². The molecule has 0 aliphatic heterocycles. The minimum atomic E-state index is -3.10. The van der Waals surface area contributed by atoms with Crippen LogP contribution in [0.1, 0.15) is 31.5 Å². The molecule has 0 atom stereocenters. The van der Waals surface area contributed by atoms with Crippen molar-refractivity contribution in [3.8, 4) is 17.2 Å². The van der Waals surface area contributed by atoms with Crippen LogP contribution in [0.5, 0.6) is 17.2 Å². The number of nitrogens with zero attached hydrogens (tertiary/aromatic N) is 3. The van der Waals surface area contributed by atoms with Crippen molar-refractivity contribution in [2.75, 3.05) is 14.2 Å². The number of carbonyl (C=O) groups is 3. The van der Waals surface area contributed by atoms with E-state index in [0.29, 0.717) is 18.3 Å². The fraction of sp³-hybridized carbons (Fsp3) is 0.182. The Labute approximate surface area is 223 Å². The lowest BCUT2D eigenvalue weighted by atomic mass is 10.3. The zero-order valence-electron chi connectivity index (χ0n) is 20.4. The van der Waals surface area contributed by atoms with E-state index in [-0.39, 0.29) is 5.75 Å². The van der Waals surface area contributed by atoms with Crippen LogP contribution >= 0.6 is 0 Å². The van der Waals surface area contributed by atoms with Crippen molar-refractivity contribution in [3.63, 3.8) is 0 Å². The lowest BCUT2D eigenvalue weighted by Crippen LogP contribution is -2.09. The van der Waals surface area contributed by atoms with Gasteiger partial charge in [-0.2, -0.15) is 17.6 Å². The first kappa shape index (κ1) is 33.8. The molecule has 0 saturated carbocycles. The van der Waals surface area contributed by atoms with E-state index in [2.05, 4.69) is 33.9 Å². The van der Waals surface area contributed by atoms with Crippen LogP contribution < -0.4 is 9.47 Å². The average molecular weight is 599 g/mol. The van der Waals surface area contributed by atoms with Gasteiger partial charge in [0.2, 0.25) is 0 Å². The lowest BCUT2D eigenvalue weighted by Gasteiger charge is -2.05. The number of aromatic hydroxyl groups is 1. The number of hydrogen-bond donors (Lipinski definition) is 2. The number of ether oxygens (including phenoxy) is 4. The van der Waals surface area contributed by atoms with E-state index in [0.717, 1.165) is 32.7 Å². The highest BCUT2D eigenvalue weighted by Crippen LogP contribution is 2.17. The predicted octanol–water partition coefficient (Wildman–Crippen LogP) is 3.84. The lowest BCUT2D eigenvalue weighted by molar-refractivity contribution is -0.0509. The predicted molar refractivity (Wildman–Crippen MR) is 117 cm³/mol. The molecule has 41 heavy (non-hydrogen) atoms. The van der Waals surface area contributed by atoms with Crippen LogP contribution in [0.25, 0.3) is 0 Å². The minimum absolute atomic E-state index is 0.333. The summed E-state index contributed by atoms with van der Waals surface area (Å²) in [7, 11) is 2.17. The van der Waals surface area contributed by atoms with Crippen LogP contribution in [-0.2, 0) is 9.47 Å². The number of esters is 2. The molecule has 3 aromatic rings. The summed E-state index contributed by atoms with van der Waals surface area (Å²) < 4.78 is 101. The van der Waals surface area contributed by atoms with Gasteiger partial charge >= 0.3 is 31.1 Å². The normalized spacial score (nSPS) is 10.0. The van der Waals surface area contributed by atoms with Gasteiger partial charge < -0.3 is 29.2 Å². The zero-order valence-corrected chi connectivity index (χ0v) is 20.4. The first-order chi connectivity index (χ1) is 19.2. The first-order valence-corrected chi connectivity index (χ1v) is 10.1. The molecular weight excluding hydrogens is 583 g/mol. The number of carbonyl (C=O) groups excluding carboxylic acids is 2. The summed E-state index contributed by atoms with van der Waals surface area (Å²) in [4.78, 5) is 41.6. The molecule has 0 aromatic carbocycles. The molecule has 3 heterocycles. The van der Waals surface area contributed by atoms with Crippen molar-refractivity contribution >= 4 is 17.9 Å². The molecule has 0 radical (unpaired) electrons. The van der Waals surface area contributed by atoms with Crippen molar-refractivity contribution in [1.29, 1.82) is 0 Å². The van der Waals surface area contributed by atoms with Crippen molar-refractivity contribution in [2.24, 2.45) is 0 Å². The minimum Gasteiger partial charge on any atom is -0.506 e. The second-order valence-corrected chi connectivity index (χ2v) is 6.57. The molecule has 222 valence electrons. The van der Waals surface area contributed by atoms with Crippen LogP contribution in [0.15, 0.2) is 36.8 Å². The summed E-state index contributed by atoms with van der Waals surface area (Å²) in [5.41, 5.74) is -1.86. The number of carboxylic acid groups (broad SMARTS) is 1. The quantitative estimate of drug-likeness (QED) is 0.298. The summed E-state index contributed by atoms with van der Waals surface area (Å²) in [6.07, 6.45) is 2.48. The average Bonchev–Trinajstić information content (AvgIpc) is 2.88. The van der Waals surface area contributed by atoms with E-state index in [1.807, 2.05) is 0 Å². The number of aromatic nitrogens is 3. The summed E-state index contributed by atoms with van der Waals surface area (Å²) in [6.45, 7) is -6.18. The highest BCUT2D eigenvalue weighted by atomic mass is 19.3. The van der Waals surface area contributed by atoms with Crippen LogP contribution in [-0.4, -0.2) is 70.5 Å². The third kappa shape index (κ3) is 11.2. The highest BCUT2D eigenvalue weighted by Gasteiger charge is 2.17. The Morgan fingerprint density at radius 1 is 0.683 bits per heavy atom. The monoisotopic (exact) mass is 599 g/mol. The smallest absolute Gasteiger partial charge is 0.387 e. The Morgan fingerprint density at radius 3 is 1.37 bits per heavy atom. The van der Waals surface area contributed by atoms with Crippen LogP contribution in [0.2, 0.25) is 0 Å². The van der Waals surface area contributed by atoms with E-state index >= 15 is 0 Å². The molecule has 0 fully saturated rings. The van der Waals surface area contributed by atoms with Gasteiger partial charge in [0.25, 0.3) is 0 Å². The Morgan fingerprint density at radius 2 is 1.05 bits per heavy atom. The molecule has 0 amide bonds. The van der Waals surface area contributed by atoms with Gasteiger partial charge in [-0.15, -0.1) is 0 Å². The van der Waals surface area contributed by atoms with Gasteiger partial charge in [-0.25, -0.2) is 42.5 Å². The molecule has 0 spiro atoms. The van der Waals surface area contributed by atoms with E-state index in [1.54, 1.807) is 0 Å². The number of alkyl halides is 4. The van der Waals surface area contributed by atoms with Gasteiger partial charge in [0.15, 0.2) is 34.5 Å². The molecule has 19 heteroatoms. The number of rotatable bonds is 7. The zero-order chi connectivity index (χ0) is 31.3. The van der Waals surface area contributed by atoms with Gasteiger partial charge in [0.05, 0.1) is 32.8 Å². The molecule has 3 rings (SSSR count). The molecule has 3 aromatic heterocycles. The largest absolute Gasteiger partial charge is 0.506 e. The second-order valence-electron chi connectivity index (χ2n) is 6.57. The Balaban J connectivity index is 0.000000309. The van der Waals surface area contributed by atoms with Crippen LogP contribution in [0.4, 0.5) is 30.7 Å². The number of pyridine rings is 3. The molecule has 2 N–H and O–H groups in total. The summed E-state index contributed by atoms with van der Waals surface area (Å²) >= 11 is 0. The van der Waals surface area contributed by atoms with Gasteiger partial charge in [-0.05, 0) is 0 Å². The molecule has 12 nitrogen and oxygen atoms in total. The summed E-state index contributed by atoms with van der Waals surface area (Å²) in [6, 6.07) is 1.95. The maximum atomic E-state index is 13.0. The van der Waals surface area contributed by atoms with E-state index < -0.39 is 77.2 Å². The molecular formula is C22H16F7N3O9. The van der Waals surface area contributed by atoms with E-state index in [4.69, 9.17) is 10.2 Å². The summed E-state index contributed by atoms with van der Waals surface area (Å²) in [5.74, 6) is -7.97. The fourth-order valence-corrected chi connectivity index (χ4v) is 2.25. The maximum absolute atomic E-state index is 13.0. The van der Waals surface area contributed by atoms with E-state index in [1.165, 1.54) is 0 Å². The summed E-state index contributed by atoms with van der Waals surface area (Å²) in [5, 5.41) is 17.1. The van der Waals surface area contributed by atoms with Gasteiger partial charge in [-0.3, -0.25) is 0 Å². The van der Waals surface area contributed by atoms with Gasteiger partial charge in [0, 0.05) is 18.2 Å². The third-order valence-electron chi connectivity index (χ3n) is 3.87. The van der Waals surface area contributed by atoms with Crippen molar-refractivity contribution < 1.29 is 74.3 Å². The molecule has 0 aliphatic carbocycles. The Kier molecular flexibility index (Phi) is 13.2. The van der Waals surface area contributed by atoms with Crippen molar-refractivity contribution in [1.82, 2.24) is 15.0 Å². The first-order valence-electron chi connectivity index (χ1n) is 10.1. The number of carboxylic acids is 1. The molecule has 0 saturated heterocycles. The maximum Gasteiger partial charge on any atom is 0.387 e. The van der Waals surface area contributed by atoms with Gasteiger partial charge in [0.1, 0.15) is 17.2 Å². The molecule has 0 aliphatic rings. The van der Waals surface area contributed by atoms with Gasteiger partial charge in [-0.1, -0.05) is 0 Å². The number of aromatic carboxylic acids is 1. The second kappa shape index (κ2) is 16.0. The van der Waals surface area contributed by atoms with Crippen LogP contribution in [0.3, 0.4) is 0 Å². The van der Waals surface area contributed by atoms with Crippen LogP contribution in [0, 0.1) is 17.5 Å². The highest BCUT2D eigenvalue weighted by molar-refractivity contribution is 5.88. The Bertz CT molecular complexity index is 1360. The Hall–Kier alpha value is -5.23. The van der Waals surface area contributed by atoms with Crippen molar-refractivity contribution in [3.05, 3.63) is 71.3 Å². The standard InChI is InChI=1S/C8H6F3NO3.C7H4F3NO3.C7H6FNO3/c1-14-7(13)6-5(9)2-4(3-12-6)15-8(10)11;8-4-1-3(14-7(9)10)2-11-5(4)6(12)13;1-12-7(11)6-5(8)2-4(10)3-9-6/h2-3,8H,1H3;1-2,7H,(H,12,13);2-3,10H,1H3.